The lowest BCUT2D eigenvalue weighted by molar-refractivity contribution is 0.228. The van der Waals surface area contributed by atoms with E-state index in [4.69, 9.17) is 5.11 Å². The SMILES string of the molecule is CC(CO)CCCNS(=O)(=O)c1ccc(Br)s1. The van der Waals surface area contributed by atoms with Crippen LogP contribution in [0.5, 0.6) is 0 Å². The van der Waals surface area contributed by atoms with Crippen LogP contribution in [0.1, 0.15) is 19.8 Å². The molecule has 0 fully saturated rings. The number of hydrogen-bond donors (Lipinski definition) is 2. The first-order valence-corrected chi connectivity index (χ1v) is 8.41. The van der Waals surface area contributed by atoms with Crippen LogP contribution < -0.4 is 4.72 Å². The minimum atomic E-state index is -3.37. The summed E-state index contributed by atoms with van der Waals surface area (Å²) in [6, 6.07) is 3.29. The van der Waals surface area contributed by atoms with Crippen molar-refractivity contribution >= 4 is 37.3 Å². The minimum Gasteiger partial charge on any atom is -0.396 e. The summed E-state index contributed by atoms with van der Waals surface area (Å²) < 4.78 is 27.2. The van der Waals surface area contributed by atoms with Gasteiger partial charge in [-0.1, -0.05) is 6.92 Å². The molecule has 4 nitrogen and oxygen atoms in total. The van der Waals surface area contributed by atoms with Gasteiger partial charge in [0.15, 0.2) is 0 Å². The summed E-state index contributed by atoms with van der Waals surface area (Å²) in [5.41, 5.74) is 0. The molecule has 0 aliphatic rings. The molecule has 1 atom stereocenters. The van der Waals surface area contributed by atoms with Gasteiger partial charge in [-0.2, -0.15) is 0 Å². The Balaban J connectivity index is 2.41. The van der Waals surface area contributed by atoms with E-state index < -0.39 is 10.0 Å². The highest BCUT2D eigenvalue weighted by atomic mass is 79.9. The number of aliphatic hydroxyl groups excluding tert-OH is 1. The van der Waals surface area contributed by atoms with Gasteiger partial charge in [0.05, 0.1) is 3.79 Å². The molecule has 0 radical (unpaired) electrons. The van der Waals surface area contributed by atoms with Crippen LogP contribution in [-0.2, 0) is 10.0 Å². The van der Waals surface area contributed by atoms with Crippen molar-refractivity contribution in [3.63, 3.8) is 0 Å². The summed E-state index contributed by atoms with van der Waals surface area (Å²) in [4.78, 5) is 0. The smallest absolute Gasteiger partial charge is 0.250 e. The van der Waals surface area contributed by atoms with Crippen molar-refractivity contribution < 1.29 is 13.5 Å². The second-order valence-corrected chi connectivity index (χ2v) is 8.34. The van der Waals surface area contributed by atoms with Gasteiger partial charge in [0.25, 0.3) is 0 Å². The molecule has 1 unspecified atom stereocenters. The molecule has 0 amide bonds. The van der Waals surface area contributed by atoms with E-state index in [9.17, 15) is 8.42 Å². The van der Waals surface area contributed by atoms with E-state index in [1.165, 1.54) is 11.3 Å². The Bertz CT molecular complexity index is 444. The molecule has 1 aromatic heterocycles. The van der Waals surface area contributed by atoms with E-state index in [1.807, 2.05) is 6.92 Å². The summed E-state index contributed by atoms with van der Waals surface area (Å²) in [6.45, 7) is 2.48. The van der Waals surface area contributed by atoms with E-state index in [-0.39, 0.29) is 12.5 Å². The van der Waals surface area contributed by atoms with E-state index >= 15 is 0 Å². The van der Waals surface area contributed by atoms with Gasteiger partial charge in [-0.25, -0.2) is 13.1 Å². The average Bonchev–Trinajstić information content (AvgIpc) is 2.71. The molecule has 98 valence electrons. The molecule has 0 saturated carbocycles. The first kappa shape index (κ1) is 15.1. The molecule has 1 aromatic rings. The molecular formula is C10H16BrNO3S2. The third-order valence-corrected chi connectivity index (χ3v) is 5.87. The predicted octanol–water partition coefficient (Wildman–Crippen LogP) is 2.20. The summed E-state index contributed by atoms with van der Waals surface area (Å²) in [6.07, 6.45) is 1.54. The normalized spacial score (nSPS) is 13.8. The van der Waals surface area contributed by atoms with Gasteiger partial charge in [-0.15, -0.1) is 11.3 Å². The molecule has 0 saturated heterocycles. The van der Waals surface area contributed by atoms with Gasteiger partial charge in [-0.3, -0.25) is 0 Å². The Kier molecular flexibility index (Phi) is 6.08. The second kappa shape index (κ2) is 6.84. The first-order valence-electron chi connectivity index (χ1n) is 5.31. The highest BCUT2D eigenvalue weighted by molar-refractivity contribution is 9.11. The molecule has 1 heterocycles. The number of sulfonamides is 1. The van der Waals surface area contributed by atoms with Gasteiger partial charge >= 0.3 is 0 Å². The van der Waals surface area contributed by atoms with Gasteiger partial charge in [0, 0.05) is 13.2 Å². The average molecular weight is 342 g/mol. The fourth-order valence-electron chi connectivity index (χ4n) is 1.26. The van der Waals surface area contributed by atoms with E-state index in [0.29, 0.717) is 10.8 Å². The lowest BCUT2D eigenvalue weighted by Crippen LogP contribution is -2.24. The standard InChI is InChI=1S/C10H16BrNO3S2/c1-8(7-13)3-2-6-12-17(14,15)10-5-4-9(11)16-10/h4-5,8,12-13H,2-3,6-7H2,1H3. The zero-order chi connectivity index (χ0) is 12.9. The Hall–Kier alpha value is 0.0500. The highest BCUT2D eigenvalue weighted by Gasteiger charge is 2.15. The summed E-state index contributed by atoms with van der Waals surface area (Å²) >= 11 is 4.42. The Morgan fingerprint density at radius 3 is 2.76 bits per heavy atom. The molecule has 0 aromatic carbocycles. The van der Waals surface area contributed by atoms with Crippen LogP contribution in [0.3, 0.4) is 0 Å². The third-order valence-electron chi connectivity index (χ3n) is 2.29. The van der Waals surface area contributed by atoms with Gasteiger partial charge in [0.2, 0.25) is 10.0 Å². The van der Waals surface area contributed by atoms with Crippen molar-refractivity contribution in [2.45, 2.75) is 24.0 Å². The summed E-state index contributed by atoms with van der Waals surface area (Å²) in [5.74, 6) is 0.218. The van der Waals surface area contributed by atoms with Crippen LogP contribution in [0.2, 0.25) is 0 Å². The lowest BCUT2D eigenvalue weighted by atomic mass is 10.1. The van der Waals surface area contributed by atoms with E-state index in [1.54, 1.807) is 12.1 Å². The lowest BCUT2D eigenvalue weighted by Gasteiger charge is -2.08. The molecular weight excluding hydrogens is 326 g/mol. The Morgan fingerprint density at radius 2 is 2.24 bits per heavy atom. The van der Waals surface area contributed by atoms with Crippen LogP contribution in [0.4, 0.5) is 0 Å². The van der Waals surface area contributed by atoms with E-state index in [2.05, 4.69) is 20.7 Å². The van der Waals surface area contributed by atoms with Crippen molar-refractivity contribution in [1.82, 2.24) is 4.72 Å². The van der Waals surface area contributed by atoms with Crippen LogP contribution in [-0.4, -0.2) is 26.7 Å². The Labute approximate surface area is 114 Å². The monoisotopic (exact) mass is 341 g/mol. The van der Waals surface area contributed by atoms with Gasteiger partial charge < -0.3 is 5.11 Å². The minimum absolute atomic E-state index is 0.143. The first-order chi connectivity index (χ1) is 7.95. The number of aliphatic hydroxyl groups is 1. The summed E-state index contributed by atoms with van der Waals surface area (Å²) in [7, 11) is -3.37. The number of rotatable bonds is 7. The highest BCUT2D eigenvalue weighted by Crippen LogP contribution is 2.25. The molecule has 0 spiro atoms. The topological polar surface area (TPSA) is 66.4 Å². The van der Waals surface area contributed by atoms with Crippen molar-refractivity contribution in [3.05, 3.63) is 15.9 Å². The predicted molar refractivity (Wildman–Crippen MR) is 72.7 cm³/mol. The van der Waals surface area contributed by atoms with Crippen molar-refractivity contribution in [2.75, 3.05) is 13.2 Å². The Morgan fingerprint density at radius 1 is 1.53 bits per heavy atom. The number of halogens is 1. The third kappa shape index (κ3) is 5.05. The van der Waals surface area contributed by atoms with Crippen LogP contribution in [0.25, 0.3) is 0 Å². The molecule has 17 heavy (non-hydrogen) atoms. The maximum Gasteiger partial charge on any atom is 0.250 e. The van der Waals surface area contributed by atoms with Crippen molar-refractivity contribution in [2.24, 2.45) is 5.92 Å². The molecule has 2 N–H and O–H groups in total. The maximum absolute atomic E-state index is 11.8. The largest absolute Gasteiger partial charge is 0.396 e. The molecule has 0 aliphatic heterocycles. The quantitative estimate of drug-likeness (QED) is 0.747. The molecule has 7 heteroatoms. The van der Waals surface area contributed by atoms with Crippen molar-refractivity contribution in [1.29, 1.82) is 0 Å². The van der Waals surface area contributed by atoms with Gasteiger partial charge in [-0.05, 0) is 46.8 Å². The molecule has 0 bridgehead atoms. The molecule has 0 aliphatic carbocycles. The van der Waals surface area contributed by atoms with Crippen molar-refractivity contribution in [3.8, 4) is 0 Å². The number of thiophene rings is 1. The maximum atomic E-state index is 11.8. The van der Waals surface area contributed by atoms with Crippen LogP contribution >= 0.6 is 27.3 Å². The fraction of sp³-hybridized carbons (Fsp3) is 0.600. The summed E-state index contributed by atoms with van der Waals surface area (Å²) in [5, 5.41) is 8.83. The second-order valence-electron chi connectivity index (χ2n) is 3.89. The number of hydrogen-bond acceptors (Lipinski definition) is 4. The van der Waals surface area contributed by atoms with Crippen LogP contribution in [0, 0.1) is 5.92 Å². The van der Waals surface area contributed by atoms with Gasteiger partial charge in [0.1, 0.15) is 4.21 Å². The zero-order valence-electron chi connectivity index (χ0n) is 9.52. The fourth-order valence-corrected chi connectivity index (χ4v) is 4.39. The van der Waals surface area contributed by atoms with Crippen LogP contribution in [0.15, 0.2) is 20.1 Å². The zero-order valence-corrected chi connectivity index (χ0v) is 12.7. The molecule has 1 rings (SSSR count). The van der Waals surface area contributed by atoms with E-state index in [0.717, 1.165) is 16.6 Å². The number of nitrogens with one attached hydrogen (secondary N) is 1.